The number of hydrogen-bond donors (Lipinski definition) is 0. The number of benzene rings is 8. The molecule has 0 aromatic heterocycles. The van der Waals surface area contributed by atoms with Gasteiger partial charge in [-0.1, -0.05) is 175 Å². The van der Waals surface area contributed by atoms with Crippen LogP contribution in [0.25, 0.3) is 33.4 Å². The van der Waals surface area contributed by atoms with Gasteiger partial charge in [0, 0.05) is 22.5 Å². The van der Waals surface area contributed by atoms with Gasteiger partial charge >= 0.3 is 0 Å². The summed E-state index contributed by atoms with van der Waals surface area (Å²) in [4.78, 5) is 2.33. The molecule has 1 nitrogen and oxygen atoms in total. The van der Waals surface area contributed by atoms with Crippen molar-refractivity contribution in [3.63, 3.8) is 0 Å². The normalized spacial score (nSPS) is 11.7. The summed E-state index contributed by atoms with van der Waals surface area (Å²) < 4.78 is 0. The molecule has 1 aliphatic carbocycles. The molecule has 0 spiro atoms. The van der Waals surface area contributed by atoms with Crippen LogP contribution in [0.1, 0.15) is 47.2 Å². The third-order valence-corrected chi connectivity index (χ3v) is 11.2. The Bertz CT molecular complexity index is 2570. The van der Waals surface area contributed by atoms with Gasteiger partial charge in [-0.3, -0.25) is 0 Å². The number of rotatable bonds is 9. The zero-order chi connectivity index (χ0) is 41.9. The van der Waals surface area contributed by atoms with Crippen molar-refractivity contribution in [3.8, 4) is 33.4 Å². The van der Waals surface area contributed by atoms with E-state index in [1.54, 1.807) is 12.2 Å². The van der Waals surface area contributed by atoms with Gasteiger partial charge in [0.05, 0.1) is 0 Å². The second-order valence-electron chi connectivity index (χ2n) is 15.7. The Balaban J connectivity index is 0.000000858. The van der Waals surface area contributed by atoms with E-state index in [2.05, 4.69) is 232 Å². The van der Waals surface area contributed by atoms with E-state index in [1.165, 1.54) is 66.8 Å². The number of hydrogen-bond acceptors (Lipinski definition) is 1. The van der Waals surface area contributed by atoms with E-state index in [4.69, 9.17) is 0 Å². The average molecular weight is 778 g/mol. The molecule has 0 atom stereocenters. The minimum absolute atomic E-state index is 0.264. The van der Waals surface area contributed by atoms with Crippen molar-refractivity contribution in [2.75, 3.05) is 4.90 Å². The largest absolute Gasteiger partial charge is 0.311 e. The Hall–Kier alpha value is -6.96. The number of para-hydroxylation sites is 1. The summed E-state index contributed by atoms with van der Waals surface area (Å²) in [5.74, 6) is 0. The van der Waals surface area contributed by atoms with Gasteiger partial charge in [-0.15, -0.1) is 13.2 Å². The SMILES string of the molecule is C=CC.C=CC.Cc1ccc(-c2ccc3c(c2)C(Cc2ccccc2)(Cc2ccccc2)c2cc(-c4ccc(N(c5ccccc5)c5ccc(C)cc5)cc4)ccc2-3)cc1. The van der Waals surface area contributed by atoms with Gasteiger partial charge in [0.25, 0.3) is 0 Å². The molecule has 8 aromatic carbocycles. The maximum atomic E-state index is 3.36. The minimum Gasteiger partial charge on any atom is -0.311 e. The van der Waals surface area contributed by atoms with Gasteiger partial charge in [0.15, 0.2) is 0 Å². The van der Waals surface area contributed by atoms with Crippen LogP contribution in [0.15, 0.2) is 226 Å². The maximum Gasteiger partial charge on any atom is 0.0462 e. The van der Waals surface area contributed by atoms with Crippen molar-refractivity contribution in [3.05, 3.63) is 259 Å². The average Bonchev–Trinajstić information content (AvgIpc) is 3.54. The van der Waals surface area contributed by atoms with Gasteiger partial charge in [0.2, 0.25) is 0 Å². The Morgan fingerprint density at radius 2 is 0.717 bits per heavy atom. The first-order valence-corrected chi connectivity index (χ1v) is 21.0. The van der Waals surface area contributed by atoms with Gasteiger partial charge in [0.1, 0.15) is 0 Å². The number of anilines is 3. The van der Waals surface area contributed by atoms with Crippen LogP contribution in [0.4, 0.5) is 17.1 Å². The molecule has 0 fully saturated rings. The summed E-state index contributed by atoms with van der Waals surface area (Å²) in [6, 6.07) is 74.0. The van der Waals surface area contributed by atoms with Crippen molar-refractivity contribution in [1.82, 2.24) is 0 Å². The fourth-order valence-corrected chi connectivity index (χ4v) is 8.45. The van der Waals surface area contributed by atoms with Crippen LogP contribution in [0.5, 0.6) is 0 Å². The molecule has 0 saturated heterocycles. The molecule has 8 aromatic rings. The van der Waals surface area contributed by atoms with Crippen LogP contribution in [-0.4, -0.2) is 0 Å². The van der Waals surface area contributed by atoms with Crippen molar-refractivity contribution in [2.45, 2.75) is 46.0 Å². The smallest absolute Gasteiger partial charge is 0.0462 e. The molecule has 0 radical (unpaired) electrons. The van der Waals surface area contributed by atoms with Gasteiger partial charge in [-0.25, -0.2) is 0 Å². The lowest BCUT2D eigenvalue weighted by molar-refractivity contribution is 0.520. The van der Waals surface area contributed by atoms with Crippen molar-refractivity contribution >= 4 is 17.1 Å². The molecule has 0 N–H and O–H groups in total. The second-order valence-corrected chi connectivity index (χ2v) is 15.7. The first-order valence-electron chi connectivity index (χ1n) is 21.0. The fourth-order valence-electron chi connectivity index (χ4n) is 8.45. The standard InChI is InChI=1S/C53H43N.2C3H6/c1-38-18-22-42(23-19-38)44-26-32-49-50-33-27-45(43-24-30-48(31-25-43)54(46-16-10-5-11-17-46)47-28-20-39(2)21-29-47)35-52(50)53(51(49)34-44,36-40-12-6-3-7-13-40)37-41-14-8-4-9-15-41;2*1-3-2/h3-35H,36-37H2,1-2H3;2*3H,1H2,2H3. The molecule has 0 saturated carbocycles. The van der Waals surface area contributed by atoms with Gasteiger partial charge in [-0.2, -0.15) is 0 Å². The van der Waals surface area contributed by atoms with E-state index < -0.39 is 0 Å². The molecule has 1 aliphatic rings. The highest BCUT2D eigenvalue weighted by Gasteiger charge is 2.43. The molecule has 0 heterocycles. The lowest BCUT2D eigenvalue weighted by Crippen LogP contribution is -2.31. The lowest BCUT2D eigenvalue weighted by Gasteiger charge is -2.33. The first kappa shape index (κ1) is 41.2. The van der Waals surface area contributed by atoms with Crippen LogP contribution < -0.4 is 4.90 Å². The van der Waals surface area contributed by atoms with Crippen LogP contribution >= 0.6 is 0 Å². The molecular formula is C59H55N. The highest BCUT2D eigenvalue weighted by Crippen LogP contribution is 2.54. The summed E-state index contributed by atoms with van der Waals surface area (Å²) in [7, 11) is 0. The summed E-state index contributed by atoms with van der Waals surface area (Å²) in [5.41, 5.74) is 18.8. The van der Waals surface area contributed by atoms with Crippen LogP contribution in [0.2, 0.25) is 0 Å². The highest BCUT2D eigenvalue weighted by atomic mass is 15.1. The molecule has 0 bridgehead atoms. The predicted octanol–water partition coefficient (Wildman–Crippen LogP) is 16.2. The number of nitrogens with zero attached hydrogens (tertiary/aromatic N) is 1. The summed E-state index contributed by atoms with van der Waals surface area (Å²) >= 11 is 0. The molecule has 0 unspecified atom stereocenters. The summed E-state index contributed by atoms with van der Waals surface area (Å²) in [5, 5.41) is 0. The molecular weight excluding hydrogens is 723 g/mol. The molecule has 296 valence electrons. The molecule has 60 heavy (non-hydrogen) atoms. The fraction of sp³-hybridized carbons (Fsp3) is 0.119. The van der Waals surface area contributed by atoms with Crippen LogP contribution in [-0.2, 0) is 18.3 Å². The van der Waals surface area contributed by atoms with Crippen molar-refractivity contribution in [2.24, 2.45) is 0 Å². The van der Waals surface area contributed by atoms with Crippen molar-refractivity contribution in [1.29, 1.82) is 0 Å². The van der Waals surface area contributed by atoms with E-state index in [-0.39, 0.29) is 5.41 Å². The summed E-state index contributed by atoms with van der Waals surface area (Å²) in [6.07, 6.45) is 5.32. The number of aryl methyl sites for hydroxylation is 2. The van der Waals surface area contributed by atoms with Crippen LogP contribution in [0.3, 0.4) is 0 Å². The van der Waals surface area contributed by atoms with E-state index >= 15 is 0 Å². The first-order chi connectivity index (χ1) is 29.4. The molecule has 0 aliphatic heterocycles. The zero-order valence-electron chi connectivity index (χ0n) is 35.5. The minimum atomic E-state index is -0.264. The van der Waals surface area contributed by atoms with E-state index in [0.717, 1.165) is 29.9 Å². The number of allylic oxidation sites excluding steroid dienone is 2. The highest BCUT2D eigenvalue weighted by molar-refractivity contribution is 5.87. The Morgan fingerprint density at radius 3 is 1.13 bits per heavy atom. The quantitative estimate of drug-likeness (QED) is 0.132. The molecule has 9 rings (SSSR count). The molecule has 0 amide bonds. The van der Waals surface area contributed by atoms with Crippen LogP contribution in [0, 0.1) is 13.8 Å². The number of fused-ring (bicyclic) bond motifs is 3. The predicted molar refractivity (Wildman–Crippen MR) is 260 cm³/mol. The second kappa shape index (κ2) is 19.2. The van der Waals surface area contributed by atoms with E-state index in [1.807, 2.05) is 13.8 Å². The monoisotopic (exact) mass is 777 g/mol. The Morgan fingerprint density at radius 1 is 0.400 bits per heavy atom. The van der Waals surface area contributed by atoms with E-state index in [0.29, 0.717) is 0 Å². The molecule has 1 heteroatoms. The topological polar surface area (TPSA) is 3.24 Å². The maximum absolute atomic E-state index is 3.36. The summed E-state index contributed by atoms with van der Waals surface area (Å²) in [6.45, 7) is 14.8. The zero-order valence-corrected chi connectivity index (χ0v) is 35.5. The van der Waals surface area contributed by atoms with Gasteiger partial charge in [-0.05, 0) is 145 Å². The Labute approximate surface area is 358 Å². The van der Waals surface area contributed by atoms with Crippen molar-refractivity contribution < 1.29 is 0 Å². The van der Waals surface area contributed by atoms with Gasteiger partial charge < -0.3 is 4.90 Å². The lowest BCUT2D eigenvalue weighted by atomic mass is 9.69. The third-order valence-electron chi connectivity index (χ3n) is 11.2. The van der Waals surface area contributed by atoms with E-state index in [9.17, 15) is 0 Å². The Kier molecular flexibility index (Phi) is 13.2. The third kappa shape index (κ3) is 9.02.